The van der Waals surface area contributed by atoms with Gasteiger partial charge in [0.2, 0.25) is 0 Å². The first-order valence-corrected chi connectivity index (χ1v) is 9.34. The van der Waals surface area contributed by atoms with Gasteiger partial charge in [-0.05, 0) is 48.2 Å². The summed E-state index contributed by atoms with van der Waals surface area (Å²) < 4.78 is 0. The number of hydrogen-bond donors (Lipinski definition) is 1. The van der Waals surface area contributed by atoms with E-state index in [1.54, 1.807) is 18.2 Å². The van der Waals surface area contributed by atoms with E-state index in [0.717, 1.165) is 18.4 Å². The van der Waals surface area contributed by atoms with Crippen molar-refractivity contribution < 1.29 is 9.90 Å². The maximum atomic E-state index is 11.0. The number of benzene rings is 2. The van der Waals surface area contributed by atoms with Gasteiger partial charge in [0.15, 0.2) is 0 Å². The molecule has 2 aromatic rings. The summed E-state index contributed by atoms with van der Waals surface area (Å²) >= 11 is 12.3. The summed E-state index contributed by atoms with van der Waals surface area (Å²) in [6.45, 7) is 1.29. The molecule has 1 atom stereocenters. The lowest BCUT2D eigenvalue weighted by Crippen LogP contribution is -2.51. The van der Waals surface area contributed by atoms with Crippen LogP contribution in [0, 0.1) is 17.8 Å². The van der Waals surface area contributed by atoms with Crippen LogP contribution in [0.2, 0.25) is 10.0 Å². The molecule has 2 aromatic carbocycles. The number of likely N-dealkylation sites (tertiary alicyclic amines) is 1. The van der Waals surface area contributed by atoms with Crippen molar-refractivity contribution >= 4 is 29.2 Å². The van der Waals surface area contributed by atoms with E-state index in [4.69, 9.17) is 28.3 Å². The lowest BCUT2D eigenvalue weighted by atomic mass is 9.95. The van der Waals surface area contributed by atoms with Crippen LogP contribution in [0.25, 0.3) is 0 Å². The van der Waals surface area contributed by atoms with Crippen LogP contribution in [0.1, 0.15) is 34.7 Å². The molecule has 1 fully saturated rings. The highest BCUT2D eigenvalue weighted by Crippen LogP contribution is 2.39. The van der Waals surface area contributed by atoms with E-state index in [1.807, 2.05) is 6.07 Å². The molecule has 1 unspecified atom stereocenters. The zero-order valence-corrected chi connectivity index (χ0v) is 15.5. The summed E-state index contributed by atoms with van der Waals surface area (Å²) in [7, 11) is 0. The van der Waals surface area contributed by atoms with E-state index in [0.29, 0.717) is 34.7 Å². The molecule has 2 aliphatic rings. The van der Waals surface area contributed by atoms with Gasteiger partial charge in [-0.25, -0.2) is 0 Å². The largest absolute Gasteiger partial charge is 0.481 e. The van der Waals surface area contributed by atoms with Crippen molar-refractivity contribution in [3.63, 3.8) is 0 Å². The van der Waals surface area contributed by atoms with E-state index in [2.05, 4.69) is 28.9 Å². The SMILES string of the molecule is O=C(O)C1CN(C2CCc3cc(C#Cc4c(Cl)cccc4Cl)ccc32)C1. The molecule has 4 rings (SSSR count). The lowest BCUT2D eigenvalue weighted by molar-refractivity contribution is -0.148. The standard InChI is InChI=1S/C21H17Cl2NO2/c22-18-2-1-3-19(23)17(18)8-5-13-4-7-16-14(10-13)6-9-20(16)24-11-15(12-24)21(25)26/h1-4,7,10,15,20H,6,9,11-12H2,(H,25,26). The molecular weight excluding hydrogens is 369 g/mol. The minimum atomic E-state index is -0.691. The van der Waals surface area contributed by atoms with Crippen molar-refractivity contribution in [1.82, 2.24) is 4.90 Å². The maximum absolute atomic E-state index is 11.0. The van der Waals surface area contributed by atoms with E-state index in [9.17, 15) is 4.79 Å². The van der Waals surface area contributed by atoms with Crippen LogP contribution in [0.4, 0.5) is 0 Å². The molecule has 0 saturated carbocycles. The Kier molecular flexibility index (Phi) is 4.67. The second-order valence-electron chi connectivity index (χ2n) is 6.80. The van der Waals surface area contributed by atoms with Gasteiger partial charge in [0, 0.05) is 24.7 Å². The molecule has 0 spiro atoms. The number of hydrogen-bond acceptors (Lipinski definition) is 2. The van der Waals surface area contributed by atoms with Gasteiger partial charge in [-0.1, -0.05) is 47.2 Å². The third-order valence-electron chi connectivity index (χ3n) is 5.18. The second kappa shape index (κ2) is 6.96. The molecule has 5 heteroatoms. The highest BCUT2D eigenvalue weighted by Gasteiger charge is 2.39. The average molecular weight is 386 g/mol. The summed E-state index contributed by atoms with van der Waals surface area (Å²) in [5.41, 5.74) is 4.18. The van der Waals surface area contributed by atoms with Crippen LogP contribution in [-0.4, -0.2) is 29.1 Å². The Morgan fingerprint density at radius 1 is 1.12 bits per heavy atom. The van der Waals surface area contributed by atoms with Crippen molar-refractivity contribution in [2.75, 3.05) is 13.1 Å². The van der Waals surface area contributed by atoms with Gasteiger partial charge in [-0.2, -0.15) is 0 Å². The summed E-state index contributed by atoms with van der Waals surface area (Å²) in [4.78, 5) is 13.3. The van der Waals surface area contributed by atoms with Gasteiger partial charge in [0.05, 0.1) is 21.5 Å². The van der Waals surface area contributed by atoms with Gasteiger partial charge < -0.3 is 5.11 Å². The topological polar surface area (TPSA) is 40.5 Å². The van der Waals surface area contributed by atoms with Gasteiger partial charge in [0.1, 0.15) is 0 Å². The molecule has 1 N–H and O–H groups in total. The maximum Gasteiger partial charge on any atom is 0.309 e. The van der Waals surface area contributed by atoms with E-state index >= 15 is 0 Å². The molecule has 26 heavy (non-hydrogen) atoms. The fraction of sp³-hybridized carbons (Fsp3) is 0.286. The fourth-order valence-corrected chi connectivity index (χ4v) is 4.22. The fourth-order valence-electron chi connectivity index (χ4n) is 3.73. The van der Waals surface area contributed by atoms with Crippen LogP contribution in [0.3, 0.4) is 0 Å². The number of carboxylic acid groups (broad SMARTS) is 1. The molecule has 0 radical (unpaired) electrons. The minimum Gasteiger partial charge on any atom is -0.481 e. The molecule has 0 aromatic heterocycles. The van der Waals surface area contributed by atoms with Crippen LogP contribution in [0.15, 0.2) is 36.4 Å². The monoisotopic (exact) mass is 385 g/mol. The average Bonchev–Trinajstić information content (AvgIpc) is 2.96. The Morgan fingerprint density at radius 3 is 2.54 bits per heavy atom. The number of carbonyl (C=O) groups is 1. The van der Waals surface area contributed by atoms with Gasteiger partial charge in [-0.15, -0.1) is 0 Å². The first kappa shape index (κ1) is 17.4. The van der Waals surface area contributed by atoms with Crippen LogP contribution in [-0.2, 0) is 11.2 Å². The molecule has 1 saturated heterocycles. The summed E-state index contributed by atoms with van der Waals surface area (Å²) in [5.74, 6) is 5.32. The Hall–Kier alpha value is -1.99. The van der Waals surface area contributed by atoms with Crippen LogP contribution < -0.4 is 0 Å². The van der Waals surface area contributed by atoms with Crippen LogP contribution >= 0.6 is 23.2 Å². The molecule has 1 aliphatic heterocycles. The third kappa shape index (κ3) is 3.21. The normalized spacial score (nSPS) is 19.4. The summed E-state index contributed by atoms with van der Waals surface area (Å²) in [6, 6.07) is 12.0. The molecule has 1 aliphatic carbocycles. The number of rotatable bonds is 2. The van der Waals surface area contributed by atoms with Crippen LogP contribution in [0.5, 0.6) is 0 Å². The third-order valence-corrected chi connectivity index (χ3v) is 5.81. The number of carboxylic acids is 1. The molecule has 3 nitrogen and oxygen atoms in total. The Morgan fingerprint density at radius 2 is 1.85 bits per heavy atom. The van der Waals surface area contributed by atoms with Crippen molar-refractivity contribution in [2.24, 2.45) is 5.92 Å². The zero-order valence-electron chi connectivity index (χ0n) is 14.0. The van der Waals surface area contributed by atoms with E-state index in [1.165, 1.54) is 11.1 Å². The zero-order chi connectivity index (χ0) is 18.3. The number of aryl methyl sites for hydroxylation is 1. The highest BCUT2D eigenvalue weighted by molar-refractivity contribution is 6.36. The van der Waals surface area contributed by atoms with E-state index in [-0.39, 0.29) is 5.92 Å². The van der Waals surface area contributed by atoms with Crippen molar-refractivity contribution in [2.45, 2.75) is 18.9 Å². The molecule has 0 bridgehead atoms. The molecule has 132 valence electrons. The van der Waals surface area contributed by atoms with Crippen molar-refractivity contribution in [1.29, 1.82) is 0 Å². The Bertz CT molecular complexity index is 919. The first-order valence-electron chi connectivity index (χ1n) is 8.58. The second-order valence-corrected chi connectivity index (χ2v) is 7.62. The van der Waals surface area contributed by atoms with Crippen molar-refractivity contribution in [3.05, 3.63) is 68.7 Å². The quantitative estimate of drug-likeness (QED) is 0.778. The lowest BCUT2D eigenvalue weighted by Gasteiger charge is -2.41. The van der Waals surface area contributed by atoms with Gasteiger partial charge in [-0.3, -0.25) is 9.69 Å². The first-order chi connectivity index (χ1) is 12.5. The minimum absolute atomic E-state index is 0.218. The summed E-state index contributed by atoms with van der Waals surface area (Å²) in [5, 5.41) is 10.2. The number of aliphatic carboxylic acids is 1. The number of fused-ring (bicyclic) bond motifs is 1. The predicted octanol–water partition coefficient (Wildman–Crippen LogP) is 4.40. The van der Waals surface area contributed by atoms with Gasteiger partial charge >= 0.3 is 5.97 Å². The molecular formula is C21H17Cl2NO2. The number of nitrogens with zero attached hydrogens (tertiary/aromatic N) is 1. The van der Waals surface area contributed by atoms with Gasteiger partial charge in [0.25, 0.3) is 0 Å². The predicted molar refractivity (Wildman–Crippen MR) is 103 cm³/mol. The number of halogens is 2. The highest BCUT2D eigenvalue weighted by atomic mass is 35.5. The molecule has 1 heterocycles. The molecule has 0 amide bonds. The smallest absolute Gasteiger partial charge is 0.309 e. The van der Waals surface area contributed by atoms with E-state index < -0.39 is 5.97 Å². The van der Waals surface area contributed by atoms with Crippen molar-refractivity contribution in [3.8, 4) is 11.8 Å². The Balaban J connectivity index is 1.53. The summed E-state index contributed by atoms with van der Waals surface area (Å²) in [6.07, 6.45) is 2.03. The Labute approximate surface area is 162 Å².